The number of benzene rings is 2. The molecule has 1 N–H and O–H groups in total. The van der Waals surface area contributed by atoms with Crippen molar-refractivity contribution < 1.29 is 18.7 Å². The summed E-state index contributed by atoms with van der Waals surface area (Å²) >= 11 is 0. The summed E-state index contributed by atoms with van der Waals surface area (Å²) in [6, 6.07) is 19.7. The Hall–Kier alpha value is -4.13. The lowest BCUT2D eigenvalue weighted by Crippen LogP contribution is -2.22. The van der Waals surface area contributed by atoms with Gasteiger partial charge in [0.05, 0.1) is 14.2 Å². The molecule has 30 heavy (non-hydrogen) atoms. The summed E-state index contributed by atoms with van der Waals surface area (Å²) in [6.07, 6.45) is 1.61. The molecule has 0 fully saturated rings. The van der Waals surface area contributed by atoms with Gasteiger partial charge in [0.15, 0.2) is 0 Å². The molecule has 0 aliphatic rings. The van der Waals surface area contributed by atoms with E-state index in [2.05, 4.69) is 15.3 Å². The number of rotatable bonds is 5. The number of methoxy groups -OCH3 is 2. The monoisotopic (exact) mass is 401 g/mol. The van der Waals surface area contributed by atoms with Crippen LogP contribution in [0.4, 0.5) is 11.5 Å². The van der Waals surface area contributed by atoms with E-state index in [4.69, 9.17) is 13.9 Å². The molecule has 0 aliphatic heterocycles. The van der Waals surface area contributed by atoms with Crippen molar-refractivity contribution in [3.8, 4) is 11.5 Å². The molecule has 4 rings (SSSR count). The van der Waals surface area contributed by atoms with Crippen molar-refractivity contribution in [3.63, 3.8) is 0 Å². The Morgan fingerprint density at radius 3 is 2.60 bits per heavy atom. The van der Waals surface area contributed by atoms with Crippen LogP contribution in [0.5, 0.6) is 11.5 Å². The quantitative estimate of drug-likeness (QED) is 0.538. The van der Waals surface area contributed by atoms with Gasteiger partial charge in [-0.25, -0.2) is 9.98 Å². The van der Waals surface area contributed by atoms with E-state index in [1.165, 1.54) is 0 Å². The van der Waals surface area contributed by atoms with Crippen LogP contribution < -0.4 is 20.3 Å². The number of carbonyl (C=O) groups is 1. The zero-order valence-corrected chi connectivity index (χ0v) is 16.5. The highest BCUT2D eigenvalue weighted by molar-refractivity contribution is 6.04. The second kappa shape index (κ2) is 8.48. The lowest BCUT2D eigenvalue weighted by molar-refractivity contribution is 0.102. The summed E-state index contributed by atoms with van der Waals surface area (Å²) in [7, 11) is 3.12. The van der Waals surface area contributed by atoms with Gasteiger partial charge >= 0.3 is 0 Å². The number of anilines is 1. The van der Waals surface area contributed by atoms with Gasteiger partial charge in [-0.3, -0.25) is 4.79 Å². The van der Waals surface area contributed by atoms with Crippen LogP contribution in [-0.4, -0.2) is 25.1 Å². The minimum Gasteiger partial charge on any atom is -0.497 e. The van der Waals surface area contributed by atoms with Crippen molar-refractivity contribution >= 4 is 28.4 Å². The van der Waals surface area contributed by atoms with Crippen molar-refractivity contribution in [1.82, 2.24) is 4.98 Å². The van der Waals surface area contributed by atoms with E-state index in [1.54, 1.807) is 62.9 Å². The molecular weight excluding hydrogens is 382 g/mol. The molecule has 2 aromatic heterocycles. The number of hydrogen-bond donors (Lipinski definition) is 1. The third kappa shape index (κ3) is 4.00. The Bertz CT molecular complexity index is 1270. The molecule has 2 heterocycles. The lowest BCUT2D eigenvalue weighted by atomic mass is 10.1. The molecule has 0 saturated carbocycles. The third-order valence-electron chi connectivity index (χ3n) is 4.42. The molecule has 7 nitrogen and oxygen atoms in total. The maximum Gasteiger partial charge on any atom is 0.262 e. The smallest absolute Gasteiger partial charge is 0.262 e. The first kappa shape index (κ1) is 19.2. The molecule has 0 bridgehead atoms. The second-order valence-electron chi connectivity index (χ2n) is 6.32. The molecule has 150 valence electrons. The Kier molecular flexibility index (Phi) is 5.43. The fourth-order valence-corrected chi connectivity index (χ4v) is 2.92. The summed E-state index contributed by atoms with van der Waals surface area (Å²) in [5.41, 5.74) is 1.55. The van der Waals surface area contributed by atoms with Gasteiger partial charge in [0.2, 0.25) is 5.55 Å². The number of amides is 1. The molecule has 0 unspecified atom stereocenters. The summed E-state index contributed by atoms with van der Waals surface area (Å²) < 4.78 is 16.6. The number of aromatic nitrogens is 1. The predicted octanol–water partition coefficient (Wildman–Crippen LogP) is 4.33. The zero-order chi connectivity index (χ0) is 20.9. The predicted molar refractivity (Wildman–Crippen MR) is 113 cm³/mol. The van der Waals surface area contributed by atoms with E-state index in [0.29, 0.717) is 28.6 Å². The van der Waals surface area contributed by atoms with E-state index >= 15 is 0 Å². The Morgan fingerprint density at radius 2 is 1.83 bits per heavy atom. The van der Waals surface area contributed by atoms with Crippen LogP contribution in [0.15, 0.2) is 82.3 Å². The largest absolute Gasteiger partial charge is 0.497 e. The van der Waals surface area contributed by atoms with Gasteiger partial charge in [-0.1, -0.05) is 24.3 Å². The first-order valence-electron chi connectivity index (χ1n) is 9.20. The second-order valence-corrected chi connectivity index (χ2v) is 6.32. The first-order valence-corrected chi connectivity index (χ1v) is 9.20. The maximum atomic E-state index is 13.0. The summed E-state index contributed by atoms with van der Waals surface area (Å²) in [6.45, 7) is 0. The van der Waals surface area contributed by atoms with Crippen LogP contribution in [-0.2, 0) is 0 Å². The van der Waals surface area contributed by atoms with E-state index in [-0.39, 0.29) is 17.0 Å². The summed E-state index contributed by atoms with van der Waals surface area (Å²) in [5.74, 6) is 1.18. The third-order valence-corrected chi connectivity index (χ3v) is 4.42. The molecule has 0 atom stereocenters. The average molecular weight is 401 g/mol. The highest BCUT2D eigenvalue weighted by Gasteiger charge is 2.14. The van der Waals surface area contributed by atoms with Gasteiger partial charge < -0.3 is 19.2 Å². The molecule has 0 saturated heterocycles. The minimum atomic E-state index is -0.380. The summed E-state index contributed by atoms with van der Waals surface area (Å²) in [4.78, 5) is 21.7. The van der Waals surface area contributed by atoms with E-state index in [1.807, 2.05) is 24.3 Å². The van der Waals surface area contributed by atoms with Gasteiger partial charge in [-0.15, -0.1) is 0 Å². The topological polar surface area (TPSA) is 86.0 Å². The molecule has 0 radical (unpaired) electrons. The molecular formula is C23H19N3O4. The number of nitrogens with one attached hydrogen (secondary N) is 1. The lowest BCUT2D eigenvalue weighted by Gasteiger charge is -2.08. The molecule has 7 heteroatoms. The minimum absolute atomic E-state index is 0.158. The molecule has 0 aliphatic carbocycles. The van der Waals surface area contributed by atoms with Crippen LogP contribution in [0.1, 0.15) is 10.4 Å². The molecule has 2 aromatic carbocycles. The number of para-hydroxylation sites is 1. The molecule has 4 aromatic rings. The number of fused-ring (bicyclic) bond motifs is 1. The Balaban J connectivity index is 1.87. The number of hydrogen-bond acceptors (Lipinski definition) is 6. The van der Waals surface area contributed by atoms with Crippen molar-refractivity contribution in [2.24, 2.45) is 4.99 Å². The summed E-state index contributed by atoms with van der Waals surface area (Å²) in [5, 5.41) is 3.56. The van der Waals surface area contributed by atoms with Crippen molar-refractivity contribution in [2.75, 3.05) is 19.5 Å². The van der Waals surface area contributed by atoms with Crippen molar-refractivity contribution in [1.29, 1.82) is 0 Å². The van der Waals surface area contributed by atoms with Crippen LogP contribution in [0.2, 0.25) is 0 Å². The van der Waals surface area contributed by atoms with E-state index < -0.39 is 0 Å². The number of pyridine rings is 1. The van der Waals surface area contributed by atoms with Gasteiger partial charge in [-0.2, -0.15) is 0 Å². The average Bonchev–Trinajstić information content (AvgIpc) is 2.79. The maximum absolute atomic E-state index is 13.0. The normalized spacial score (nSPS) is 11.3. The van der Waals surface area contributed by atoms with Crippen molar-refractivity contribution in [2.45, 2.75) is 0 Å². The first-order chi connectivity index (χ1) is 14.7. The fourth-order valence-electron chi connectivity index (χ4n) is 2.92. The Labute approximate surface area is 172 Å². The van der Waals surface area contributed by atoms with E-state index in [9.17, 15) is 4.79 Å². The Morgan fingerprint density at radius 1 is 1.00 bits per heavy atom. The van der Waals surface area contributed by atoms with Gasteiger partial charge in [0.1, 0.15) is 34.2 Å². The standard InChI is InChI=1S/C23H19N3O4/c1-28-16-10-11-18(20(14-16)29-2)25-23-17(13-15-7-3-4-8-19(15)30-23)22(27)26-21-9-5-6-12-24-21/h3-14H,1-2H3,(H,24,26,27). The van der Waals surface area contributed by atoms with Crippen LogP contribution in [0, 0.1) is 0 Å². The van der Waals surface area contributed by atoms with Crippen LogP contribution in [0.3, 0.4) is 0 Å². The highest BCUT2D eigenvalue weighted by Crippen LogP contribution is 2.31. The SMILES string of the molecule is COc1ccc(N=c2oc3ccccc3cc2C(=O)Nc2ccccn2)c(OC)c1. The number of nitrogens with zero attached hydrogens (tertiary/aromatic N) is 2. The van der Waals surface area contributed by atoms with Crippen LogP contribution >= 0.6 is 0 Å². The van der Waals surface area contributed by atoms with Gasteiger partial charge in [0.25, 0.3) is 5.91 Å². The van der Waals surface area contributed by atoms with Gasteiger partial charge in [0, 0.05) is 17.6 Å². The highest BCUT2D eigenvalue weighted by atomic mass is 16.5. The van der Waals surface area contributed by atoms with Gasteiger partial charge in [-0.05, 0) is 36.4 Å². The molecule has 1 amide bonds. The molecule has 0 spiro atoms. The zero-order valence-electron chi connectivity index (χ0n) is 16.5. The number of ether oxygens (including phenoxy) is 2. The fraction of sp³-hybridized carbons (Fsp3) is 0.0870. The number of carbonyl (C=O) groups excluding carboxylic acids is 1. The van der Waals surface area contributed by atoms with Crippen LogP contribution in [0.25, 0.3) is 11.0 Å². The van der Waals surface area contributed by atoms with E-state index in [0.717, 1.165) is 5.39 Å². The van der Waals surface area contributed by atoms with Crippen molar-refractivity contribution in [3.05, 3.63) is 84.0 Å².